The second-order valence-electron chi connectivity index (χ2n) is 7.90. The van der Waals surface area contributed by atoms with Crippen LogP contribution in [0.25, 0.3) is 21.9 Å². The highest BCUT2D eigenvalue weighted by Gasteiger charge is 2.19. The van der Waals surface area contributed by atoms with Crippen LogP contribution < -0.4 is 14.2 Å². The van der Waals surface area contributed by atoms with Crippen molar-refractivity contribution in [1.29, 1.82) is 0 Å². The normalized spacial score (nSPS) is 17.5. The number of hydrogen-bond acceptors (Lipinski definition) is 6. The molecule has 1 saturated heterocycles. The minimum Gasteiger partial charge on any atom is -0.490 e. The lowest BCUT2D eigenvalue weighted by atomic mass is 9.96. The topological polar surface area (TPSA) is 60.4 Å². The zero-order valence-electron chi connectivity index (χ0n) is 17.5. The van der Waals surface area contributed by atoms with Gasteiger partial charge in [-0.05, 0) is 34.5 Å². The SMILES string of the molecule is OC(COc1ccc2ccccc2c1-c1ccc2c(c1)OCCO2)CN1CCOCC1. The summed E-state index contributed by atoms with van der Waals surface area (Å²) < 4.78 is 23.0. The van der Waals surface area contributed by atoms with Crippen LogP contribution in [0.4, 0.5) is 0 Å². The van der Waals surface area contributed by atoms with E-state index in [0.29, 0.717) is 33.0 Å². The third kappa shape index (κ3) is 4.46. The lowest BCUT2D eigenvalue weighted by Crippen LogP contribution is -2.42. The third-order valence-corrected chi connectivity index (χ3v) is 5.73. The number of β-amino-alcohol motifs (C(OH)–C–C–N with tert-alkyl or cyclic N) is 1. The molecule has 6 heteroatoms. The van der Waals surface area contributed by atoms with Crippen molar-refractivity contribution in [2.24, 2.45) is 0 Å². The summed E-state index contributed by atoms with van der Waals surface area (Å²) in [6.45, 7) is 5.03. The van der Waals surface area contributed by atoms with E-state index in [-0.39, 0.29) is 6.61 Å². The molecule has 2 aliphatic heterocycles. The lowest BCUT2D eigenvalue weighted by Gasteiger charge is -2.28. The molecule has 0 radical (unpaired) electrons. The van der Waals surface area contributed by atoms with Crippen LogP contribution in [0.15, 0.2) is 54.6 Å². The van der Waals surface area contributed by atoms with Gasteiger partial charge in [0.25, 0.3) is 0 Å². The highest BCUT2D eigenvalue weighted by molar-refractivity contribution is 6.00. The fraction of sp³-hybridized carbons (Fsp3) is 0.360. The van der Waals surface area contributed by atoms with Gasteiger partial charge in [-0.1, -0.05) is 36.4 Å². The number of aliphatic hydroxyl groups is 1. The summed E-state index contributed by atoms with van der Waals surface area (Å²) in [5, 5.41) is 12.8. The predicted molar refractivity (Wildman–Crippen MR) is 119 cm³/mol. The lowest BCUT2D eigenvalue weighted by molar-refractivity contribution is 0.00472. The first kappa shape index (κ1) is 20.1. The average molecular weight is 421 g/mol. The fourth-order valence-electron chi connectivity index (χ4n) is 4.19. The molecule has 1 unspecified atom stereocenters. The molecule has 6 nitrogen and oxygen atoms in total. The monoisotopic (exact) mass is 421 g/mol. The van der Waals surface area contributed by atoms with Crippen LogP contribution in [0.1, 0.15) is 0 Å². The average Bonchev–Trinajstić information content (AvgIpc) is 2.82. The number of benzene rings is 3. The number of hydrogen-bond donors (Lipinski definition) is 1. The minimum atomic E-state index is -0.572. The molecule has 1 N–H and O–H groups in total. The Morgan fingerprint density at radius 3 is 2.58 bits per heavy atom. The number of nitrogens with zero attached hydrogens (tertiary/aromatic N) is 1. The highest BCUT2D eigenvalue weighted by atomic mass is 16.6. The zero-order chi connectivity index (χ0) is 21.0. The standard InChI is InChI=1S/C25H27NO5/c27-20(16-26-9-11-28-12-10-26)17-31-23-8-5-18-3-1-2-4-21(18)25(23)19-6-7-22-24(15-19)30-14-13-29-22/h1-8,15,20,27H,9-14,16-17H2. The van der Waals surface area contributed by atoms with Crippen molar-refractivity contribution in [3.63, 3.8) is 0 Å². The molecule has 0 bridgehead atoms. The molecule has 162 valence electrons. The Balaban J connectivity index is 1.43. The van der Waals surface area contributed by atoms with E-state index in [4.69, 9.17) is 18.9 Å². The van der Waals surface area contributed by atoms with Crippen molar-refractivity contribution in [3.05, 3.63) is 54.6 Å². The fourth-order valence-corrected chi connectivity index (χ4v) is 4.19. The van der Waals surface area contributed by atoms with Gasteiger partial charge < -0.3 is 24.1 Å². The summed E-state index contributed by atoms with van der Waals surface area (Å²) in [7, 11) is 0. The number of morpholine rings is 1. The summed E-state index contributed by atoms with van der Waals surface area (Å²) in [4.78, 5) is 2.21. The quantitative estimate of drug-likeness (QED) is 0.659. The Bertz CT molecular complexity index is 1050. The molecule has 5 rings (SSSR count). The Hall–Kier alpha value is -2.80. The molecule has 0 saturated carbocycles. The Kier molecular flexibility index (Phi) is 5.93. The molecule has 31 heavy (non-hydrogen) atoms. The van der Waals surface area contributed by atoms with Crippen LogP contribution >= 0.6 is 0 Å². The van der Waals surface area contributed by atoms with Crippen LogP contribution in [0.5, 0.6) is 17.2 Å². The number of ether oxygens (including phenoxy) is 4. The van der Waals surface area contributed by atoms with Gasteiger partial charge in [-0.2, -0.15) is 0 Å². The van der Waals surface area contributed by atoms with E-state index in [1.807, 2.05) is 36.4 Å². The first-order valence-corrected chi connectivity index (χ1v) is 10.8. The summed E-state index contributed by atoms with van der Waals surface area (Å²) >= 11 is 0. The van der Waals surface area contributed by atoms with Crippen LogP contribution in [0.3, 0.4) is 0 Å². The predicted octanol–water partition coefficient (Wildman–Crippen LogP) is 3.35. The first-order valence-electron chi connectivity index (χ1n) is 10.8. The smallest absolute Gasteiger partial charge is 0.161 e. The van der Waals surface area contributed by atoms with Gasteiger partial charge in [0.2, 0.25) is 0 Å². The van der Waals surface area contributed by atoms with E-state index in [9.17, 15) is 5.11 Å². The zero-order valence-corrected chi connectivity index (χ0v) is 17.5. The second-order valence-corrected chi connectivity index (χ2v) is 7.90. The molecule has 2 aliphatic rings. The van der Waals surface area contributed by atoms with Crippen molar-refractivity contribution >= 4 is 10.8 Å². The van der Waals surface area contributed by atoms with Crippen molar-refractivity contribution < 1.29 is 24.1 Å². The molecule has 0 aliphatic carbocycles. The number of fused-ring (bicyclic) bond motifs is 2. The maximum atomic E-state index is 10.6. The van der Waals surface area contributed by atoms with E-state index >= 15 is 0 Å². The Morgan fingerprint density at radius 2 is 1.71 bits per heavy atom. The summed E-state index contributed by atoms with van der Waals surface area (Å²) in [6, 6.07) is 18.3. The Morgan fingerprint density at radius 1 is 0.903 bits per heavy atom. The molecule has 1 fully saturated rings. The van der Waals surface area contributed by atoms with E-state index < -0.39 is 6.10 Å². The van der Waals surface area contributed by atoms with Gasteiger partial charge in [0.1, 0.15) is 31.7 Å². The molecule has 2 heterocycles. The molecular weight excluding hydrogens is 394 g/mol. The van der Waals surface area contributed by atoms with Gasteiger partial charge >= 0.3 is 0 Å². The van der Waals surface area contributed by atoms with Gasteiger partial charge in [0.05, 0.1) is 13.2 Å². The largest absolute Gasteiger partial charge is 0.490 e. The summed E-state index contributed by atoms with van der Waals surface area (Å²) in [5.41, 5.74) is 1.99. The molecule has 0 aromatic heterocycles. The first-order chi connectivity index (χ1) is 15.3. The van der Waals surface area contributed by atoms with Crippen LogP contribution in [0.2, 0.25) is 0 Å². The molecule has 1 atom stereocenters. The van der Waals surface area contributed by atoms with Crippen molar-refractivity contribution in [2.45, 2.75) is 6.10 Å². The summed E-state index contributed by atoms with van der Waals surface area (Å²) in [6.07, 6.45) is -0.572. The number of rotatable bonds is 6. The van der Waals surface area contributed by atoms with Crippen molar-refractivity contribution in [2.75, 3.05) is 52.7 Å². The summed E-state index contributed by atoms with van der Waals surface area (Å²) in [5.74, 6) is 2.25. The highest BCUT2D eigenvalue weighted by Crippen LogP contribution is 2.41. The maximum Gasteiger partial charge on any atom is 0.161 e. The second kappa shape index (κ2) is 9.14. The van der Waals surface area contributed by atoms with E-state index in [0.717, 1.165) is 52.2 Å². The van der Waals surface area contributed by atoms with Crippen LogP contribution in [0, 0.1) is 0 Å². The van der Waals surface area contributed by atoms with E-state index in [1.54, 1.807) is 0 Å². The third-order valence-electron chi connectivity index (χ3n) is 5.73. The molecular formula is C25H27NO5. The van der Waals surface area contributed by atoms with E-state index in [2.05, 4.69) is 23.1 Å². The molecule has 0 spiro atoms. The van der Waals surface area contributed by atoms with Gasteiger partial charge in [0.15, 0.2) is 11.5 Å². The van der Waals surface area contributed by atoms with Gasteiger partial charge in [0, 0.05) is 25.2 Å². The number of aliphatic hydroxyl groups excluding tert-OH is 1. The molecule has 3 aromatic carbocycles. The van der Waals surface area contributed by atoms with Gasteiger partial charge in [-0.25, -0.2) is 0 Å². The maximum absolute atomic E-state index is 10.6. The minimum absolute atomic E-state index is 0.229. The molecule has 3 aromatic rings. The van der Waals surface area contributed by atoms with Crippen LogP contribution in [-0.4, -0.2) is 68.8 Å². The molecule has 0 amide bonds. The Labute approximate surface area is 181 Å². The van der Waals surface area contributed by atoms with Crippen molar-refractivity contribution in [3.8, 4) is 28.4 Å². The van der Waals surface area contributed by atoms with Crippen LogP contribution in [-0.2, 0) is 4.74 Å². The van der Waals surface area contributed by atoms with E-state index in [1.165, 1.54) is 0 Å². The van der Waals surface area contributed by atoms with Crippen molar-refractivity contribution in [1.82, 2.24) is 4.90 Å². The van der Waals surface area contributed by atoms with Gasteiger partial charge in [-0.15, -0.1) is 0 Å². The van der Waals surface area contributed by atoms with Gasteiger partial charge in [-0.3, -0.25) is 4.90 Å².